The number of para-hydroxylation sites is 1. The van der Waals surface area contributed by atoms with Crippen LogP contribution < -0.4 is 9.47 Å². The van der Waals surface area contributed by atoms with Gasteiger partial charge in [0.25, 0.3) is 0 Å². The van der Waals surface area contributed by atoms with Gasteiger partial charge < -0.3 is 14.0 Å². The summed E-state index contributed by atoms with van der Waals surface area (Å²) < 4.78 is 26.0. The van der Waals surface area contributed by atoms with Crippen molar-refractivity contribution in [2.75, 3.05) is 19.5 Å². The van der Waals surface area contributed by atoms with Crippen LogP contribution >= 0.6 is 11.8 Å². The molecule has 7 heteroatoms. The van der Waals surface area contributed by atoms with Crippen molar-refractivity contribution >= 4 is 11.8 Å². The first kappa shape index (κ1) is 17.3. The standard InChI is InChI=1S/C18H18FN3O2S/c1-22-17(13-7-9-14(23-2)10-8-13)20-21-18(22)25-12-11-24-16-6-4-3-5-15(16)19/h3-10H,11-12H2,1-2H3. The number of nitrogens with zero attached hydrogens (tertiary/aromatic N) is 3. The predicted octanol–water partition coefficient (Wildman–Crippen LogP) is 3.80. The highest BCUT2D eigenvalue weighted by molar-refractivity contribution is 7.99. The van der Waals surface area contributed by atoms with Crippen LogP contribution in [0.1, 0.15) is 0 Å². The highest BCUT2D eigenvalue weighted by Gasteiger charge is 2.11. The van der Waals surface area contributed by atoms with Crippen LogP contribution in [0.15, 0.2) is 53.7 Å². The van der Waals surface area contributed by atoms with Crippen LogP contribution in [0.3, 0.4) is 0 Å². The van der Waals surface area contributed by atoms with Crippen molar-refractivity contribution in [3.8, 4) is 22.9 Å². The molecule has 130 valence electrons. The zero-order valence-corrected chi connectivity index (χ0v) is 14.8. The number of ether oxygens (including phenoxy) is 2. The summed E-state index contributed by atoms with van der Waals surface area (Å²) in [5, 5.41) is 9.24. The number of benzene rings is 2. The Morgan fingerprint density at radius 2 is 1.84 bits per heavy atom. The van der Waals surface area contributed by atoms with Gasteiger partial charge in [-0.05, 0) is 36.4 Å². The fourth-order valence-corrected chi connectivity index (χ4v) is 3.01. The molecule has 3 rings (SSSR count). The van der Waals surface area contributed by atoms with Crippen molar-refractivity contribution in [1.29, 1.82) is 0 Å². The first-order valence-corrected chi connectivity index (χ1v) is 8.71. The molecule has 0 radical (unpaired) electrons. The normalized spacial score (nSPS) is 10.7. The third-order valence-electron chi connectivity index (χ3n) is 3.59. The molecule has 25 heavy (non-hydrogen) atoms. The van der Waals surface area contributed by atoms with E-state index in [1.54, 1.807) is 25.3 Å². The average Bonchev–Trinajstić information content (AvgIpc) is 3.01. The molecular weight excluding hydrogens is 341 g/mol. The van der Waals surface area contributed by atoms with Crippen molar-refractivity contribution in [2.45, 2.75) is 5.16 Å². The van der Waals surface area contributed by atoms with Gasteiger partial charge in [-0.1, -0.05) is 23.9 Å². The highest BCUT2D eigenvalue weighted by atomic mass is 32.2. The van der Waals surface area contributed by atoms with Gasteiger partial charge >= 0.3 is 0 Å². The van der Waals surface area contributed by atoms with E-state index in [-0.39, 0.29) is 11.6 Å². The van der Waals surface area contributed by atoms with E-state index in [0.29, 0.717) is 12.4 Å². The van der Waals surface area contributed by atoms with Crippen LogP contribution in [0, 0.1) is 5.82 Å². The van der Waals surface area contributed by atoms with Gasteiger partial charge in [0.15, 0.2) is 22.5 Å². The molecule has 0 saturated carbocycles. The van der Waals surface area contributed by atoms with Crippen molar-refractivity contribution in [3.05, 3.63) is 54.3 Å². The van der Waals surface area contributed by atoms with Crippen LogP contribution in [-0.2, 0) is 7.05 Å². The van der Waals surface area contributed by atoms with Gasteiger partial charge in [0.05, 0.1) is 13.7 Å². The van der Waals surface area contributed by atoms with Crippen molar-refractivity contribution in [3.63, 3.8) is 0 Å². The van der Waals surface area contributed by atoms with Gasteiger partial charge in [-0.25, -0.2) is 4.39 Å². The molecule has 1 aromatic heterocycles. The number of hydrogen-bond acceptors (Lipinski definition) is 5. The summed E-state index contributed by atoms with van der Waals surface area (Å²) in [5.41, 5.74) is 0.963. The van der Waals surface area contributed by atoms with E-state index in [2.05, 4.69) is 10.2 Å². The van der Waals surface area contributed by atoms with E-state index in [4.69, 9.17) is 9.47 Å². The number of hydrogen-bond donors (Lipinski definition) is 0. The quantitative estimate of drug-likeness (QED) is 0.474. The van der Waals surface area contributed by atoms with Crippen LogP contribution in [0.4, 0.5) is 4.39 Å². The van der Waals surface area contributed by atoms with Gasteiger partial charge in [-0.15, -0.1) is 10.2 Å². The van der Waals surface area contributed by atoms with Gasteiger partial charge in [0, 0.05) is 18.4 Å². The maximum atomic E-state index is 13.5. The van der Waals surface area contributed by atoms with E-state index in [9.17, 15) is 4.39 Å². The van der Waals surface area contributed by atoms with Crippen LogP contribution in [-0.4, -0.2) is 34.2 Å². The molecule has 0 fully saturated rings. The maximum Gasteiger partial charge on any atom is 0.191 e. The smallest absolute Gasteiger partial charge is 0.191 e. The lowest BCUT2D eigenvalue weighted by molar-refractivity contribution is 0.325. The summed E-state index contributed by atoms with van der Waals surface area (Å²) in [7, 11) is 3.55. The summed E-state index contributed by atoms with van der Waals surface area (Å²) in [6.45, 7) is 0.385. The number of rotatable bonds is 7. The summed E-state index contributed by atoms with van der Waals surface area (Å²) >= 11 is 1.51. The lowest BCUT2D eigenvalue weighted by atomic mass is 10.2. The van der Waals surface area contributed by atoms with Gasteiger partial charge in [-0.2, -0.15) is 0 Å². The van der Waals surface area contributed by atoms with Crippen molar-refractivity contribution < 1.29 is 13.9 Å². The highest BCUT2D eigenvalue weighted by Crippen LogP contribution is 2.24. The molecule has 2 aromatic carbocycles. The molecule has 0 atom stereocenters. The first-order valence-electron chi connectivity index (χ1n) is 7.73. The molecule has 5 nitrogen and oxygen atoms in total. The largest absolute Gasteiger partial charge is 0.497 e. The van der Waals surface area contributed by atoms with Crippen molar-refractivity contribution in [2.24, 2.45) is 7.05 Å². The third-order valence-corrected chi connectivity index (χ3v) is 4.58. The average molecular weight is 359 g/mol. The SMILES string of the molecule is COc1ccc(-c2nnc(SCCOc3ccccc3F)n2C)cc1. The van der Waals surface area contributed by atoms with E-state index >= 15 is 0 Å². The van der Waals surface area contributed by atoms with Gasteiger partial charge in [0.1, 0.15) is 5.75 Å². The molecule has 1 heterocycles. The molecule has 0 unspecified atom stereocenters. The fourth-order valence-electron chi connectivity index (χ4n) is 2.28. The molecule has 0 amide bonds. The van der Waals surface area contributed by atoms with Crippen LogP contribution in [0.25, 0.3) is 11.4 Å². The zero-order chi connectivity index (χ0) is 17.6. The number of methoxy groups -OCH3 is 1. The lowest BCUT2D eigenvalue weighted by Gasteiger charge is -2.07. The van der Waals surface area contributed by atoms with E-state index in [0.717, 1.165) is 22.3 Å². The molecule has 0 spiro atoms. The Morgan fingerprint density at radius 1 is 1.08 bits per heavy atom. The fraction of sp³-hybridized carbons (Fsp3) is 0.222. The Labute approximate surface area is 149 Å². The molecular formula is C18H18FN3O2S. The number of aromatic nitrogens is 3. The third kappa shape index (κ3) is 4.11. The van der Waals surface area contributed by atoms with E-state index in [1.165, 1.54) is 17.8 Å². The minimum absolute atomic E-state index is 0.264. The Hall–Kier alpha value is -2.54. The number of halogens is 1. The Kier molecular flexibility index (Phi) is 5.55. The van der Waals surface area contributed by atoms with Gasteiger partial charge in [0.2, 0.25) is 0 Å². The molecule has 0 aliphatic carbocycles. The van der Waals surface area contributed by atoms with Crippen LogP contribution in [0.5, 0.6) is 11.5 Å². The van der Waals surface area contributed by atoms with E-state index < -0.39 is 0 Å². The Morgan fingerprint density at radius 3 is 2.56 bits per heavy atom. The Balaban J connectivity index is 1.58. The molecule has 0 N–H and O–H groups in total. The predicted molar refractivity (Wildman–Crippen MR) is 95.6 cm³/mol. The summed E-state index contributed by atoms with van der Waals surface area (Å²) in [4.78, 5) is 0. The minimum atomic E-state index is -0.354. The topological polar surface area (TPSA) is 49.2 Å². The second-order valence-electron chi connectivity index (χ2n) is 5.22. The van der Waals surface area contributed by atoms with Crippen molar-refractivity contribution in [1.82, 2.24) is 14.8 Å². The monoisotopic (exact) mass is 359 g/mol. The second kappa shape index (κ2) is 8.02. The summed E-state index contributed by atoms with van der Waals surface area (Å²) in [6, 6.07) is 14.0. The maximum absolute atomic E-state index is 13.5. The first-order chi connectivity index (χ1) is 12.2. The molecule has 0 saturated heterocycles. The van der Waals surface area contributed by atoms with Gasteiger partial charge in [-0.3, -0.25) is 0 Å². The zero-order valence-electron chi connectivity index (χ0n) is 14.0. The van der Waals surface area contributed by atoms with E-state index in [1.807, 2.05) is 35.9 Å². The van der Waals surface area contributed by atoms with Crippen LogP contribution in [0.2, 0.25) is 0 Å². The summed E-state index contributed by atoms with van der Waals surface area (Å²) in [5.74, 6) is 2.13. The Bertz CT molecular complexity index is 837. The lowest BCUT2D eigenvalue weighted by Crippen LogP contribution is -2.03. The minimum Gasteiger partial charge on any atom is -0.497 e. The molecule has 0 bridgehead atoms. The molecule has 3 aromatic rings. The molecule has 0 aliphatic rings. The second-order valence-corrected chi connectivity index (χ2v) is 6.28. The number of thioether (sulfide) groups is 1. The molecule has 0 aliphatic heterocycles. The summed E-state index contributed by atoms with van der Waals surface area (Å²) in [6.07, 6.45) is 0.